The Labute approximate surface area is 102 Å². The molecule has 86 valence electrons. The smallest absolute Gasteiger partial charge is 0.0376 e. The van der Waals surface area contributed by atoms with Gasteiger partial charge < -0.3 is 5.32 Å². The molecule has 0 bridgehead atoms. The van der Waals surface area contributed by atoms with Gasteiger partial charge >= 0.3 is 0 Å². The van der Waals surface area contributed by atoms with Crippen molar-refractivity contribution in [2.24, 2.45) is 0 Å². The van der Waals surface area contributed by atoms with Crippen molar-refractivity contribution < 1.29 is 0 Å². The molecule has 1 heterocycles. The lowest BCUT2D eigenvalue weighted by atomic mass is 9.92. The van der Waals surface area contributed by atoms with E-state index in [9.17, 15) is 0 Å². The van der Waals surface area contributed by atoms with Gasteiger partial charge in [-0.25, -0.2) is 0 Å². The molecule has 0 aliphatic carbocycles. The molecule has 17 heavy (non-hydrogen) atoms. The topological polar surface area (TPSA) is 12.0 Å². The van der Waals surface area contributed by atoms with Crippen LogP contribution in [0.15, 0.2) is 48.5 Å². The first kappa shape index (κ1) is 10.4. The van der Waals surface area contributed by atoms with Crippen molar-refractivity contribution in [1.82, 2.24) is 0 Å². The Hall–Kier alpha value is -1.76. The first-order valence-corrected chi connectivity index (χ1v) is 6.22. The molecule has 1 unspecified atom stereocenters. The van der Waals surface area contributed by atoms with Gasteiger partial charge in [0.2, 0.25) is 0 Å². The van der Waals surface area contributed by atoms with Crippen LogP contribution in [-0.4, -0.2) is 6.54 Å². The second-order valence-corrected chi connectivity index (χ2v) is 4.80. The molecule has 0 spiro atoms. The number of benzene rings is 2. The fourth-order valence-electron chi connectivity index (χ4n) is 2.64. The molecule has 1 aliphatic heterocycles. The average molecular weight is 223 g/mol. The van der Waals surface area contributed by atoms with Crippen LogP contribution in [0.3, 0.4) is 0 Å². The van der Waals surface area contributed by atoms with E-state index in [1.54, 1.807) is 0 Å². The Balaban J connectivity index is 1.87. The molecule has 0 amide bonds. The molecule has 0 saturated carbocycles. The first-order chi connectivity index (χ1) is 8.34. The van der Waals surface area contributed by atoms with Gasteiger partial charge in [0, 0.05) is 18.2 Å². The highest BCUT2D eigenvalue weighted by atomic mass is 14.9. The van der Waals surface area contributed by atoms with Gasteiger partial charge in [-0.1, -0.05) is 42.5 Å². The lowest BCUT2D eigenvalue weighted by Crippen LogP contribution is -2.06. The summed E-state index contributed by atoms with van der Waals surface area (Å²) in [6.45, 7) is 3.26. The van der Waals surface area contributed by atoms with Gasteiger partial charge in [0.25, 0.3) is 0 Å². The fraction of sp³-hybridized carbons (Fsp3) is 0.250. The molecule has 1 nitrogen and oxygen atoms in total. The maximum absolute atomic E-state index is 3.49. The van der Waals surface area contributed by atoms with Crippen molar-refractivity contribution in [3.8, 4) is 0 Å². The van der Waals surface area contributed by atoms with E-state index in [4.69, 9.17) is 0 Å². The number of fused-ring (bicyclic) bond motifs is 1. The van der Waals surface area contributed by atoms with E-state index in [-0.39, 0.29) is 0 Å². The second-order valence-electron chi connectivity index (χ2n) is 4.80. The number of rotatable bonds is 2. The van der Waals surface area contributed by atoms with Crippen LogP contribution in [0.4, 0.5) is 5.69 Å². The molecule has 2 aromatic carbocycles. The van der Waals surface area contributed by atoms with E-state index < -0.39 is 0 Å². The van der Waals surface area contributed by atoms with Crippen LogP contribution in [-0.2, 0) is 6.42 Å². The van der Waals surface area contributed by atoms with E-state index in [2.05, 4.69) is 60.8 Å². The molecule has 0 radical (unpaired) electrons. The van der Waals surface area contributed by atoms with E-state index in [0.29, 0.717) is 5.92 Å². The van der Waals surface area contributed by atoms with Crippen LogP contribution < -0.4 is 5.32 Å². The predicted octanol–water partition coefficient (Wildman–Crippen LogP) is 3.75. The Morgan fingerprint density at radius 2 is 1.82 bits per heavy atom. The van der Waals surface area contributed by atoms with E-state index >= 15 is 0 Å². The Morgan fingerprint density at radius 1 is 1.06 bits per heavy atom. The highest BCUT2D eigenvalue weighted by Crippen LogP contribution is 2.33. The van der Waals surface area contributed by atoms with Gasteiger partial charge in [0.1, 0.15) is 0 Å². The molecule has 1 atom stereocenters. The Bertz CT molecular complexity index is 531. The van der Waals surface area contributed by atoms with Crippen LogP contribution in [0.2, 0.25) is 0 Å². The summed E-state index contributed by atoms with van der Waals surface area (Å²) >= 11 is 0. The van der Waals surface area contributed by atoms with Crippen molar-refractivity contribution >= 4 is 5.69 Å². The van der Waals surface area contributed by atoms with E-state index in [1.165, 1.54) is 22.4 Å². The molecule has 1 aliphatic rings. The summed E-state index contributed by atoms with van der Waals surface area (Å²) < 4.78 is 0. The van der Waals surface area contributed by atoms with E-state index in [0.717, 1.165) is 13.0 Å². The van der Waals surface area contributed by atoms with Gasteiger partial charge in [-0.05, 0) is 36.1 Å². The van der Waals surface area contributed by atoms with Gasteiger partial charge in [0.05, 0.1) is 0 Å². The maximum Gasteiger partial charge on any atom is 0.0376 e. The number of hydrogen-bond acceptors (Lipinski definition) is 1. The molecular weight excluding hydrogens is 206 g/mol. The maximum atomic E-state index is 3.49. The third kappa shape index (κ3) is 1.93. The molecule has 1 heteroatoms. The third-order valence-electron chi connectivity index (χ3n) is 3.67. The quantitative estimate of drug-likeness (QED) is 0.817. The number of para-hydroxylation sites is 1. The van der Waals surface area contributed by atoms with Gasteiger partial charge in [0.15, 0.2) is 0 Å². The van der Waals surface area contributed by atoms with Crippen LogP contribution in [0, 0.1) is 6.92 Å². The lowest BCUT2D eigenvalue weighted by molar-refractivity contribution is 0.748. The van der Waals surface area contributed by atoms with Crippen molar-refractivity contribution in [3.05, 3.63) is 65.2 Å². The third-order valence-corrected chi connectivity index (χ3v) is 3.67. The second kappa shape index (κ2) is 4.25. The molecule has 0 fully saturated rings. The summed E-state index contributed by atoms with van der Waals surface area (Å²) in [5, 5.41) is 3.49. The highest BCUT2D eigenvalue weighted by molar-refractivity contribution is 5.58. The molecule has 0 saturated heterocycles. The molecule has 3 rings (SSSR count). The van der Waals surface area contributed by atoms with Gasteiger partial charge in [-0.3, -0.25) is 0 Å². The van der Waals surface area contributed by atoms with Crippen molar-refractivity contribution in [1.29, 1.82) is 0 Å². The van der Waals surface area contributed by atoms with E-state index in [1.807, 2.05) is 0 Å². The summed E-state index contributed by atoms with van der Waals surface area (Å²) in [4.78, 5) is 0. The van der Waals surface area contributed by atoms with Crippen molar-refractivity contribution in [2.75, 3.05) is 11.9 Å². The minimum absolute atomic E-state index is 0.618. The fourth-order valence-corrected chi connectivity index (χ4v) is 2.64. The Kier molecular flexibility index (Phi) is 2.60. The van der Waals surface area contributed by atoms with Gasteiger partial charge in [-0.2, -0.15) is 0 Å². The minimum atomic E-state index is 0.618. The molecular formula is C16H17N. The van der Waals surface area contributed by atoms with Crippen LogP contribution in [0.1, 0.15) is 22.6 Å². The zero-order chi connectivity index (χ0) is 11.7. The Morgan fingerprint density at radius 3 is 2.71 bits per heavy atom. The monoisotopic (exact) mass is 223 g/mol. The van der Waals surface area contributed by atoms with Crippen LogP contribution in [0.5, 0.6) is 0 Å². The number of hydrogen-bond donors (Lipinski definition) is 1. The zero-order valence-electron chi connectivity index (χ0n) is 10.1. The van der Waals surface area contributed by atoms with Gasteiger partial charge in [-0.15, -0.1) is 0 Å². The summed E-state index contributed by atoms with van der Waals surface area (Å²) in [6, 6.07) is 17.3. The number of anilines is 1. The molecule has 1 N–H and O–H groups in total. The average Bonchev–Trinajstić information content (AvgIpc) is 2.76. The van der Waals surface area contributed by atoms with Crippen molar-refractivity contribution in [2.45, 2.75) is 19.3 Å². The summed E-state index contributed by atoms with van der Waals surface area (Å²) in [5.41, 5.74) is 5.65. The van der Waals surface area contributed by atoms with Crippen LogP contribution in [0.25, 0.3) is 0 Å². The molecule has 2 aromatic rings. The standard InChI is InChI=1S/C16H17N/c1-12-6-2-3-7-13(12)10-14-11-17-16-9-5-4-8-15(14)16/h2-9,14,17H,10-11H2,1H3. The van der Waals surface area contributed by atoms with Crippen molar-refractivity contribution in [3.63, 3.8) is 0 Å². The first-order valence-electron chi connectivity index (χ1n) is 6.22. The summed E-state index contributed by atoms with van der Waals surface area (Å²) in [7, 11) is 0. The number of nitrogens with one attached hydrogen (secondary N) is 1. The lowest BCUT2D eigenvalue weighted by Gasteiger charge is -2.12. The number of aryl methyl sites for hydroxylation is 1. The summed E-state index contributed by atoms with van der Waals surface area (Å²) in [6.07, 6.45) is 1.14. The highest BCUT2D eigenvalue weighted by Gasteiger charge is 2.21. The minimum Gasteiger partial charge on any atom is -0.384 e. The molecule has 0 aromatic heterocycles. The summed E-state index contributed by atoms with van der Waals surface area (Å²) in [5.74, 6) is 0.618. The predicted molar refractivity (Wildman–Crippen MR) is 72.6 cm³/mol. The zero-order valence-corrected chi connectivity index (χ0v) is 10.1. The normalized spacial score (nSPS) is 17.6. The van der Waals surface area contributed by atoms with Crippen LogP contribution >= 0.6 is 0 Å². The largest absolute Gasteiger partial charge is 0.384 e. The SMILES string of the molecule is Cc1ccccc1CC1CNc2ccccc21.